The molecule has 0 spiro atoms. The smallest absolute Gasteiger partial charge is 0.146 e. The highest BCUT2D eigenvalue weighted by Gasteiger charge is 2.24. The summed E-state index contributed by atoms with van der Waals surface area (Å²) < 4.78 is 2.41. The molecular formula is C46H29N3. The van der Waals surface area contributed by atoms with Gasteiger partial charge >= 0.3 is 0 Å². The fraction of sp³-hybridized carbons (Fsp3) is 0.0217. The highest BCUT2D eigenvalue weighted by Crippen LogP contribution is 2.45. The third-order valence-electron chi connectivity index (χ3n) is 10.6. The number of hydrogen-bond donors (Lipinski definition) is 0. The Morgan fingerprint density at radius 3 is 1.88 bits per heavy atom. The van der Waals surface area contributed by atoms with Crippen molar-refractivity contribution < 1.29 is 0 Å². The molecule has 0 N–H and O–H groups in total. The van der Waals surface area contributed by atoms with E-state index in [0.717, 1.165) is 23.1 Å². The Labute approximate surface area is 282 Å². The lowest BCUT2D eigenvalue weighted by Gasteiger charge is -2.33. The van der Waals surface area contributed by atoms with E-state index in [1.54, 1.807) is 0 Å². The van der Waals surface area contributed by atoms with Crippen LogP contribution in [0.1, 0.15) is 5.56 Å². The standard InChI is InChI=1S/C46H29N3/c1-2-12-32(13-3-1)48-28-31-23-22-29(26-40(31)36-17-10-11-21-42(36)48)30-24-25-43-41(27-30)35-16-6-9-20-39(35)46-47-44-37-18-7-4-14-33(37)34-15-5-8-19-38(34)45(44)49(43)46/h1-27H,28H2. The number of aromatic nitrogens is 2. The van der Waals surface area contributed by atoms with Gasteiger partial charge in [-0.15, -0.1) is 0 Å². The molecule has 10 aromatic rings. The molecule has 228 valence electrons. The highest BCUT2D eigenvalue weighted by atomic mass is 15.1. The van der Waals surface area contributed by atoms with Crippen LogP contribution in [0.5, 0.6) is 0 Å². The second-order valence-electron chi connectivity index (χ2n) is 13.1. The van der Waals surface area contributed by atoms with E-state index in [1.807, 2.05) is 0 Å². The van der Waals surface area contributed by atoms with Crippen molar-refractivity contribution in [2.45, 2.75) is 6.54 Å². The van der Waals surface area contributed by atoms with Gasteiger partial charge < -0.3 is 4.90 Å². The molecule has 2 aromatic heterocycles. The SMILES string of the molecule is c1ccc(N2Cc3ccc(-c4ccc5c(c4)c4ccccc4c4nc6c7ccccc7c7ccccc7c6n54)cc3-c3ccccc32)cc1. The molecule has 11 rings (SSSR count). The van der Waals surface area contributed by atoms with Crippen LogP contribution in [0.2, 0.25) is 0 Å². The zero-order valence-corrected chi connectivity index (χ0v) is 26.6. The van der Waals surface area contributed by atoms with Gasteiger partial charge in [0.2, 0.25) is 0 Å². The molecule has 0 fully saturated rings. The fourth-order valence-electron chi connectivity index (χ4n) is 8.34. The Morgan fingerprint density at radius 1 is 0.449 bits per heavy atom. The van der Waals surface area contributed by atoms with Gasteiger partial charge in [0.15, 0.2) is 0 Å². The van der Waals surface area contributed by atoms with Gasteiger partial charge in [-0.25, -0.2) is 4.98 Å². The van der Waals surface area contributed by atoms with Gasteiger partial charge in [0.1, 0.15) is 5.65 Å². The third-order valence-corrected chi connectivity index (χ3v) is 10.6. The van der Waals surface area contributed by atoms with E-state index in [-0.39, 0.29) is 0 Å². The Kier molecular flexibility index (Phi) is 5.44. The van der Waals surface area contributed by atoms with Gasteiger partial charge in [-0.1, -0.05) is 127 Å². The van der Waals surface area contributed by atoms with Gasteiger partial charge in [-0.05, 0) is 74.8 Å². The summed E-state index contributed by atoms with van der Waals surface area (Å²) in [6.45, 7) is 0.841. The van der Waals surface area contributed by atoms with E-state index in [2.05, 4.69) is 173 Å². The van der Waals surface area contributed by atoms with Crippen LogP contribution < -0.4 is 4.90 Å². The van der Waals surface area contributed by atoms with E-state index in [0.29, 0.717) is 0 Å². The van der Waals surface area contributed by atoms with Crippen LogP contribution in [0, 0.1) is 0 Å². The highest BCUT2D eigenvalue weighted by molar-refractivity contribution is 6.26. The zero-order valence-electron chi connectivity index (χ0n) is 26.6. The van der Waals surface area contributed by atoms with Crippen LogP contribution in [-0.2, 0) is 6.54 Å². The number of rotatable bonds is 2. The lowest BCUT2D eigenvalue weighted by atomic mass is 9.89. The number of fused-ring (bicyclic) bond motifs is 16. The molecule has 3 heterocycles. The lowest BCUT2D eigenvalue weighted by molar-refractivity contribution is 0.961. The quantitative estimate of drug-likeness (QED) is 0.179. The van der Waals surface area contributed by atoms with Crippen molar-refractivity contribution in [1.82, 2.24) is 9.38 Å². The van der Waals surface area contributed by atoms with E-state index in [9.17, 15) is 0 Å². The summed E-state index contributed by atoms with van der Waals surface area (Å²) in [4.78, 5) is 7.83. The summed E-state index contributed by atoms with van der Waals surface area (Å²) in [5.74, 6) is 0. The van der Waals surface area contributed by atoms with Gasteiger partial charge in [-0.3, -0.25) is 4.40 Å². The fourth-order valence-corrected chi connectivity index (χ4v) is 8.34. The largest absolute Gasteiger partial charge is 0.336 e. The van der Waals surface area contributed by atoms with E-state index >= 15 is 0 Å². The van der Waals surface area contributed by atoms with Crippen molar-refractivity contribution in [3.63, 3.8) is 0 Å². The molecular weight excluding hydrogens is 595 g/mol. The van der Waals surface area contributed by atoms with E-state index < -0.39 is 0 Å². The van der Waals surface area contributed by atoms with Crippen molar-refractivity contribution in [3.05, 3.63) is 169 Å². The van der Waals surface area contributed by atoms with Crippen molar-refractivity contribution in [2.24, 2.45) is 0 Å². The topological polar surface area (TPSA) is 20.5 Å². The van der Waals surface area contributed by atoms with Crippen LogP contribution >= 0.6 is 0 Å². The average molecular weight is 624 g/mol. The molecule has 0 bridgehead atoms. The van der Waals surface area contributed by atoms with Crippen LogP contribution in [-0.4, -0.2) is 9.38 Å². The van der Waals surface area contributed by atoms with Gasteiger partial charge in [0, 0.05) is 45.0 Å². The molecule has 0 unspecified atom stereocenters. The monoisotopic (exact) mass is 623 g/mol. The number of anilines is 2. The van der Waals surface area contributed by atoms with Crippen molar-refractivity contribution in [3.8, 4) is 22.3 Å². The van der Waals surface area contributed by atoms with E-state index in [1.165, 1.54) is 82.5 Å². The molecule has 3 nitrogen and oxygen atoms in total. The first-order valence-corrected chi connectivity index (χ1v) is 16.9. The normalized spacial score (nSPS) is 12.8. The Hall–Kier alpha value is -6.45. The summed E-state index contributed by atoms with van der Waals surface area (Å²) in [6, 6.07) is 59.7. The summed E-state index contributed by atoms with van der Waals surface area (Å²) in [5.41, 5.74) is 13.2. The first-order valence-electron chi connectivity index (χ1n) is 16.9. The predicted molar refractivity (Wildman–Crippen MR) is 206 cm³/mol. The van der Waals surface area contributed by atoms with Crippen molar-refractivity contribution in [1.29, 1.82) is 0 Å². The molecule has 8 aromatic carbocycles. The maximum Gasteiger partial charge on any atom is 0.146 e. The molecule has 0 saturated heterocycles. The predicted octanol–water partition coefficient (Wildman–Crippen LogP) is 12.1. The minimum Gasteiger partial charge on any atom is -0.336 e. The van der Waals surface area contributed by atoms with Crippen molar-refractivity contribution in [2.75, 3.05) is 4.90 Å². The molecule has 1 aliphatic heterocycles. The Morgan fingerprint density at radius 2 is 1.06 bits per heavy atom. The molecule has 0 radical (unpaired) electrons. The Balaban J connectivity index is 1.16. The van der Waals surface area contributed by atoms with Crippen LogP contribution in [0.4, 0.5) is 11.4 Å². The van der Waals surface area contributed by atoms with Crippen LogP contribution in [0.3, 0.4) is 0 Å². The summed E-state index contributed by atoms with van der Waals surface area (Å²) in [5, 5.41) is 8.52. The molecule has 49 heavy (non-hydrogen) atoms. The molecule has 0 amide bonds. The van der Waals surface area contributed by atoms with Gasteiger partial charge in [-0.2, -0.15) is 0 Å². The van der Waals surface area contributed by atoms with Crippen LogP contribution in [0.15, 0.2) is 164 Å². The Bertz CT molecular complexity index is 2970. The summed E-state index contributed by atoms with van der Waals surface area (Å²) in [6.07, 6.45) is 0. The van der Waals surface area contributed by atoms with Crippen LogP contribution in [0.25, 0.3) is 82.2 Å². The summed E-state index contributed by atoms with van der Waals surface area (Å²) in [7, 11) is 0. The summed E-state index contributed by atoms with van der Waals surface area (Å²) >= 11 is 0. The minimum atomic E-state index is 0.841. The maximum absolute atomic E-state index is 5.41. The first-order chi connectivity index (χ1) is 24.3. The molecule has 0 aliphatic carbocycles. The van der Waals surface area contributed by atoms with Crippen molar-refractivity contribution >= 4 is 71.3 Å². The second kappa shape index (κ2) is 10.0. The number of para-hydroxylation sites is 2. The number of hydrogen-bond acceptors (Lipinski definition) is 2. The number of pyridine rings is 1. The van der Waals surface area contributed by atoms with E-state index in [4.69, 9.17) is 4.98 Å². The zero-order chi connectivity index (χ0) is 32.1. The third kappa shape index (κ3) is 3.76. The minimum absolute atomic E-state index is 0.841. The van der Waals surface area contributed by atoms with Gasteiger partial charge in [0.05, 0.1) is 16.6 Å². The number of imidazole rings is 1. The lowest BCUT2D eigenvalue weighted by Crippen LogP contribution is -2.21. The molecule has 1 aliphatic rings. The number of benzene rings is 8. The second-order valence-corrected chi connectivity index (χ2v) is 13.1. The van der Waals surface area contributed by atoms with Gasteiger partial charge in [0.25, 0.3) is 0 Å². The maximum atomic E-state index is 5.41. The first kappa shape index (κ1) is 26.6. The molecule has 0 saturated carbocycles. The molecule has 0 atom stereocenters. The molecule has 3 heteroatoms. The average Bonchev–Trinajstić information content (AvgIpc) is 3.59. The number of nitrogens with zero attached hydrogens (tertiary/aromatic N) is 3.